The molecule has 9 heavy (non-hydrogen) atoms. The molecule has 0 spiro atoms. The molecule has 58 valence electrons. The van der Waals surface area contributed by atoms with E-state index in [2.05, 4.69) is 13.1 Å². The van der Waals surface area contributed by atoms with E-state index < -0.39 is 11.5 Å². The molecule has 0 atom stereocenters. The lowest BCUT2D eigenvalue weighted by atomic mass is 11.8. The smallest absolute Gasteiger partial charge is 0.166 e. The van der Waals surface area contributed by atoms with Gasteiger partial charge in [-0.25, -0.2) is 0 Å². The van der Waals surface area contributed by atoms with Gasteiger partial charge in [0.25, 0.3) is 0 Å². The van der Waals surface area contributed by atoms with Gasteiger partial charge in [-0.1, -0.05) is 47.9 Å². The molecule has 0 fully saturated rings. The highest BCUT2D eigenvalue weighted by Crippen LogP contribution is 2.19. The molecule has 0 N–H and O–H groups in total. The van der Waals surface area contributed by atoms with Crippen molar-refractivity contribution in [3.05, 3.63) is 0 Å². The largest absolute Gasteiger partial charge is 0.172 e. The van der Waals surface area contributed by atoms with E-state index in [9.17, 15) is 0 Å². The Kier molecular flexibility index (Phi) is 9.26. The predicted octanol–water partition coefficient (Wildman–Crippen LogP) is 1.89. The van der Waals surface area contributed by atoms with Crippen molar-refractivity contribution >= 4 is 64.2 Å². The van der Waals surface area contributed by atoms with E-state index in [1.165, 1.54) is 0 Å². The Morgan fingerprint density at radius 2 is 1.22 bits per heavy atom. The third-order valence-corrected chi connectivity index (χ3v) is 0. The zero-order valence-corrected chi connectivity index (χ0v) is 11.8. The Balaban J connectivity index is 0. The van der Waals surface area contributed by atoms with E-state index >= 15 is 0 Å². The van der Waals surface area contributed by atoms with Gasteiger partial charge in [-0.05, 0) is 0 Å². The molecule has 6 heteroatoms. The lowest BCUT2D eigenvalue weighted by Crippen LogP contribution is -1.96. The van der Waals surface area contributed by atoms with E-state index in [0.717, 1.165) is 0 Å². The Hall–Kier alpha value is 1.59. The van der Waals surface area contributed by atoms with Crippen molar-refractivity contribution in [1.29, 1.82) is 0 Å². The molecule has 0 bridgehead atoms. The van der Waals surface area contributed by atoms with Crippen LogP contribution in [0.3, 0.4) is 0 Å². The van der Waals surface area contributed by atoms with Crippen molar-refractivity contribution in [3.8, 4) is 0 Å². The summed E-state index contributed by atoms with van der Waals surface area (Å²) < 4.78 is -0.944. The van der Waals surface area contributed by atoms with Gasteiger partial charge in [-0.3, -0.25) is 0 Å². The number of alkyl halides is 3. The average molecular weight is 244 g/mol. The third-order valence-electron chi connectivity index (χ3n) is 0. The molecule has 0 unspecified atom stereocenters. The van der Waals surface area contributed by atoms with Crippen molar-refractivity contribution in [2.45, 2.75) is 16.5 Å². The SMILES string of the molecule is C[SiH](C)Cl.[SiH3]C(Cl)(Cl)Cl. The molecule has 0 aliphatic heterocycles. The van der Waals surface area contributed by atoms with Crippen LogP contribution in [0.25, 0.3) is 0 Å². The first-order valence-electron chi connectivity index (χ1n) is 2.44. The van der Waals surface area contributed by atoms with Crippen LogP contribution in [0, 0.1) is 0 Å². The highest BCUT2D eigenvalue weighted by molar-refractivity contribution is 7.05. The van der Waals surface area contributed by atoms with Gasteiger partial charge >= 0.3 is 0 Å². The van der Waals surface area contributed by atoms with Crippen LogP contribution in [0.15, 0.2) is 0 Å². The fraction of sp³-hybridized carbons (Fsp3) is 1.00. The molecule has 0 heterocycles. The summed E-state index contributed by atoms with van der Waals surface area (Å²) in [5.41, 5.74) is 0. The molecule has 0 nitrogen and oxygen atoms in total. The van der Waals surface area contributed by atoms with E-state index in [1.54, 1.807) is 0 Å². The fourth-order valence-electron chi connectivity index (χ4n) is 0. The molecule has 0 aromatic carbocycles. The third kappa shape index (κ3) is 218. The summed E-state index contributed by atoms with van der Waals surface area (Å²) in [6.07, 6.45) is 0. The minimum Gasteiger partial charge on any atom is -0.172 e. The summed E-state index contributed by atoms with van der Waals surface area (Å²) in [6.45, 7) is 4.14. The van der Waals surface area contributed by atoms with Gasteiger partial charge < -0.3 is 0 Å². The van der Waals surface area contributed by atoms with Gasteiger partial charge in [0.2, 0.25) is 0 Å². The van der Waals surface area contributed by atoms with Gasteiger partial charge in [-0.15, -0.1) is 0 Å². The summed E-state index contributed by atoms with van der Waals surface area (Å²) in [5.74, 6) is 0. The van der Waals surface area contributed by atoms with Crippen molar-refractivity contribution in [2.75, 3.05) is 0 Å². The molecular weight excluding hydrogens is 234 g/mol. The summed E-state index contributed by atoms with van der Waals surface area (Å²) in [6, 6.07) is 0. The van der Waals surface area contributed by atoms with Gasteiger partial charge in [0.05, 0.1) is 10.2 Å². The number of hydrogen-bond acceptors (Lipinski definition) is 0. The average Bonchev–Trinajstić information content (AvgIpc) is 1.19. The number of hydrogen-bond donors (Lipinski definition) is 0. The van der Waals surface area contributed by atoms with Gasteiger partial charge in [0.15, 0.2) is 3.42 Å². The molecule has 0 amide bonds. The molecule has 0 aromatic heterocycles. The Morgan fingerprint density at radius 1 is 1.22 bits per heavy atom. The maximum Gasteiger partial charge on any atom is 0.166 e. The second kappa shape index (κ2) is 6.31. The topological polar surface area (TPSA) is 0 Å². The second-order valence-corrected chi connectivity index (χ2v) is 12.7. The Bertz CT molecular complexity index is 50.6. The van der Waals surface area contributed by atoms with Crippen LogP contribution in [0.5, 0.6) is 0 Å². The minimum atomic E-state index is -0.944. The predicted molar refractivity (Wildman–Crippen MR) is 55.0 cm³/mol. The molecule has 0 rings (SSSR count). The molecule has 0 aliphatic carbocycles. The standard InChI is InChI=1S/C2H7ClSi.CH3Cl3Si/c1-4(2)3;2-1(3,4)5/h4H,1-2H3;5H3. The highest BCUT2D eigenvalue weighted by atomic mass is 35.6. The minimum absolute atomic E-state index is 0.604. The highest BCUT2D eigenvalue weighted by Gasteiger charge is 2.06. The second-order valence-electron chi connectivity index (χ2n) is 1.80. The zero-order chi connectivity index (χ0) is 8.08. The molecule has 0 saturated carbocycles. The lowest BCUT2D eigenvalue weighted by Gasteiger charge is -1.94. The van der Waals surface area contributed by atoms with Gasteiger partial charge in [-0.2, -0.15) is 11.1 Å². The first kappa shape index (κ1) is 13.2. The molecule has 0 saturated heterocycles. The van der Waals surface area contributed by atoms with E-state index in [1.807, 2.05) is 0 Å². The van der Waals surface area contributed by atoms with Crippen molar-refractivity contribution in [3.63, 3.8) is 0 Å². The summed E-state index contributed by atoms with van der Waals surface area (Å²) in [7, 11) is -0.0625. The zero-order valence-electron chi connectivity index (χ0n) is 5.59. The van der Waals surface area contributed by atoms with Crippen LogP contribution in [0.1, 0.15) is 0 Å². The molecular formula is C3H10Cl4Si2. The van der Waals surface area contributed by atoms with Crippen LogP contribution < -0.4 is 0 Å². The lowest BCUT2D eigenvalue weighted by molar-refractivity contribution is 1.75. The molecule has 0 aromatic rings. The van der Waals surface area contributed by atoms with E-state index in [4.69, 9.17) is 45.9 Å². The van der Waals surface area contributed by atoms with Crippen LogP contribution in [0.2, 0.25) is 13.1 Å². The monoisotopic (exact) mass is 242 g/mol. The molecule has 0 radical (unpaired) electrons. The fourth-order valence-corrected chi connectivity index (χ4v) is 0. The van der Waals surface area contributed by atoms with Crippen LogP contribution in [-0.4, -0.2) is 21.8 Å². The number of halogens is 4. The van der Waals surface area contributed by atoms with Gasteiger partial charge in [0.1, 0.15) is 8.11 Å². The van der Waals surface area contributed by atoms with Crippen molar-refractivity contribution in [2.24, 2.45) is 0 Å². The summed E-state index contributed by atoms with van der Waals surface area (Å²) >= 11 is 20.8. The maximum atomic E-state index is 5.41. The van der Waals surface area contributed by atoms with Crippen LogP contribution in [-0.2, 0) is 0 Å². The summed E-state index contributed by atoms with van der Waals surface area (Å²) in [5, 5.41) is 0. The first-order valence-corrected chi connectivity index (χ1v) is 8.63. The normalized spacial score (nSPS) is 11.0. The Morgan fingerprint density at radius 3 is 1.22 bits per heavy atom. The van der Waals surface area contributed by atoms with E-state index in [-0.39, 0.29) is 0 Å². The van der Waals surface area contributed by atoms with Crippen molar-refractivity contribution < 1.29 is 0 Å². The number of rotatable bonds is 0. The first-order chi connectivity index (χ1) is 3.73. The van der Waals surface area contributed by atoms with Crippen LogP contribution in [0.4, 0.5) is 0 Å². The van der Waals surface area contributed by atoms with E-state index in [0.29, 0.717) is 10.2 Å². The van der Waals surface area contributed by atoms with Crippen LogP contribution >= 0.6 is 45.9 Å². The van der Waals surface area contributed by atoms with Crippen molar-refractivity contribution in [1.82, 2.24) is 0 Å². The van der Waals surface area contributed by atoms with Gasteiger partial charge in [0, 0.05) is 0 Å². The maximum absolute atomic E-state index is 5.41. The summed E-state index contributed by atoms with van der Waals surface area (Å²) in [4.78, 5) is 0. The Labute approximate surface area is 80.5 Å². The quantitative estimate of drug-likeness (QED) is 0.347. The molecule has 0 aliphatic rings.